The quantitative estimate of drug-likeness (QED) is 0.624. The Morgan fingerprint density at radius 1 is 1.12 bits per heavy atom. The lowest BCUT2D eigenvalue weighted by atomic mass is 10.0. The van der Waals surface area contributed by atoms with Crippen molar-refractivity contribution in [1.29, 1.82) is 0 Å². The number of hydrogen-bond acceptors (Lipinski definition) is 4. The summed E-state index contributed by atoms with van der Waals surface area (Å²) in [6.07, 6.45) is -0.654. The molecule has 0 spiro atoms. The molecule has 134 valence electrons. The molecule has 1 atom stereocenters. The van der Waals surface area contributed by atoms with Gasteiger partial charge in [-0.1, -0.05) is 42.5 Å². The highest BCUT2D eigenvalue weighted by Crippen LogP contribution is 2.38. The number of carboxylic acids is 1. The van der Waals surface area contributed by atoms with Crippen LogP contribution >= 0.6 is 0 Å². The summed E-state index contributed by atoms with van der Waals surface area (Å²) in [5, 5.41) is 11.1. The van der Waals surface area contributed by atoms with Crippen LogP contribution in [0.4, 0.5) is 4.79 Å². The number of alkyl carbamates (subject to hydrolysis) is 1. The number of hydrogen-bond donors (Lipinski definition) is 3. The smallest absolute Gasteiger partial charge is 0.408 e. The standard InChI is InChI=1S/C19H18N2O5/c20-17(22)9-16(18(23)24)21-19(25)26-10-12-5-3-7-14-13-6-2-1-4-11(13)8-15(12)14/h1-7,16H,8-10H2,(H2,20,22)(H,21,25)(H,23,24)/t16-/m1/s1. The second kappa shape index (κ2) is 7.26. The van der Waals surface area contributed by atoms with Gasteiger partial charge in [0.05, 0.1) is 6.42 Å². The van der Waals surface area contributed by atoms with E-state index in [0.717, 1.165) is 23.1 Å². The molecule has 0 aromatic heterocycles. The molecule has 0 saturated heterocycles. The lowest BCUT2D eigenvalue weighted by molar-refractivity contribution is -0.141. The third-order valence-corrected chi connectivity index (χ3v) is 4.30. The molecule has 0 aliphatic heterocycles. The highest BCUT2D eigenvalue weighted by atomic mass is 16.5. The number of benzene rings is 2. The number of aliphatic carboxylic acids is 1. The minimum absolute atomic E-state index is 0.00586. The van der Waals surface area contributed by atoms with Crippen LogP contribution in [0, 0.1) is 0 Å². The number of carbonyl (C=O) groups excluding carboxylic acids is 2. The number of carboxylic acid groups (broad SMARTS) is 1. The van der Waals surface area contributed by atoms with Crippen LogP contribution < -0.4 is 11.1 Å². The van der Waals surface area contributed by atoms with Crippen molar-refractivity contribution in [3.05, 3.63) is 59.2 Å². The minimum Gasteiger partial charge on any atom is -0.480 e. The molecule has 0 saturated carbocycles. The van der Waals surface area contributed by atoms with Crippen LogP contribution in [-0.2, 0) is 27.4 Å². The number of carbonyl (C=O) groups is 3. The molecule has 2 aromatic rings. The molecule has 0 heterocycles. The summed E-state index contributed by atoms with van der Waals surface area (Å²) < 4.78 is 5.15. The van der Waals surface area contributed by atoms with E-state index in [4.69, 9.17) is 15.6 Å². The van der Waals surface area contributed by atoms with Crippen LogP contribution in [0.1, 0.15) is 23.1 Å². The van der Waals surface area contributed by atoms with Gasteiger partial charge in [0.1, 0.15) is 12.6 Å². The van der Waals surface area contributed by atoms with Gasteiger partial charge >= 0.3 is 12.1 Å². The van der Waals surface area contributed by atoms with E-state index in [1.807, 2.05) is 30.3 Å². The van der Waals surface area contributed by atoms with Gasteiger partial charge in [-0.2, -0.15) is 0 Å². The predicted octanol–water partition coefficient (Wildman–Crippen LogP) is 1.81. The zero-order chi connectivity index (χ0) is 18.7. The minimum atomic E-state index is -1.41. The van der Waals surface area contributed by atoms with E-state index in [1.165, 1.54) is 11.1 Å². The Labute approximate surface area is 149 Å². The molecule has 1 aliphatic rings. The van der Waals surface area contributed by atoms with Crippen LogP contribution in [0.3, 0.4) is 0 Å². The normalized spacial score (nSPS) is 12.6. The fourth-order valence-corrected chi connectivity index (χ4v) is 3.09. The Morgan fingerprint density at radius 2 is 1.85 bits per heavy atom. The Bertz CT molecular complexity index is 878. The molecule has 7 heteroatoms. The van der Waals surface area contributed by atoms with Gasteiger partial charge in [0.15, 0.2) is 0 Å². The van der Waals surface area contributed by atoms with Crippen molar-refractivity contribution in [2.75, 3.05) is 0 Å². The lowest BCUT2D eigenvalue weighted by Crippen LogP contribution is -2.43. The molecule has 4 N–H and O–H groups in total. The molecular weight excluding hydrogens is 336 g/mol. The number of primary amides is 1. The second-order valence-electron chi connectivity index (χ2n) is 6.06. The summed E-state index contributed by atoms with van der Waals surface area (Å²) in [6.45, 7) is 0.00586. The maximum Gasteiger partial charge on any atom is 0.408 e. The lowest BCUT2D eigenvalue weighted by Gasteiger charge is -2.14. The van der Waals surface area contributed by atoms with E-state index in [2.05, 4.69) is 17.4 Å². The van der Waals surface area contributed by atoms with Crippen molar-refractivity contribution in [2.45, 2.75) is 25.5 Å². The van der Waals surface area contributed by atoms with Crippen LogP contribution in [-0.4, -0.2) is 29.1 Å². The molecular formula is C19H18N2O5. The number of nitrogens with one attached hydrogen (secondary N) is 1. The van der Waals surface area contributed by atoms with Crippen molar-refractivity contribution in [3.8, 4) is 11.1 Å². The molecule has 3 rings (SSSR count). The molecule has 1 aliphatic carbocycles. The topological polar surface area (TPSA) is 119 Å². The number of ether oxygens (including phenoxy) is 1. The monoisotopic (exact) mass is 354 g/mol. The van der Waals surface area contributed by atoms with Crippen LogP contribution in [0.5, 0.6) is 0 Å². The molecule has 0 radical (unpaired) electrons. The Kier molecular flexibility index (Phi) is 4.88. The molecule has 0 fully saturated rings. The zero-order valence-corrected chi connectivity index (χ0v) is 13.9. The van der Waals surface area contributed by atoms with Crippen LogP contribution in [0.25, 0.3) is 11.1 Å². The number of fused-ring (bicyclic) bond motifs is 3. The van der Waals surface area contributed by atoms with Gasteiger partial charge in [-0.3, -0.25) is 4.79 Å². The second-order valence-corrected chi connectivity index (χ2v) is 6.06. The Morgan fingerprint density at radius 3 is 2.58 bits per heavy atom. The van der Waals surface area contributed by atoms with Gasteiger partial charge < -0.3 is 20.9 Å². The molecule has 2 aromatic carbocycles. The van der Waals surface area contributed by atoms with Gasteiger partial charge in [0.2, 0.25) is 5.91 Å². The predicted molar refractivity (Wildman–Crippen MR) is 93.2 cm³/mol. The summed E-state index contributed by atoms with van der Waals surface area (Å²) >= 11 is 0. The van der Waals surface area contributed by atoms with Crippen LogP contribution in [0.2, 0.25) is 0 Å². The molecule has 26 heavy (non-hydrogen) atoms. The Balaban J connectivity index is 1.67. The van der Waals surface area contributed by atoms with Crippen molar-refractivity contribution in [3.63, 3.8) is 0 Å². The van der Waals surface area contributed by atoms with Crippen molar-refractivity contribution in [1.82, 2.24) is 5.32 Å². The average Bonchev–Trinajstić information content (AvgIpc) is 2.98. The van der Waals surface area contributed by atoms with E-state index in [9.17, 15) is 14.4 Å². The average molecular weight is 354 g/mol. The SMILES string of the molecule is NC(=O)C[C@@H](NC(=O)OCc1cccc2c1Cc1ccccc1-2)C(=O)O. The molecule has 0 unspecified atom stereocenters. The first-order valence-electron chi connectivity index (χ1n) is 8.09. The number of rotatable bonds is 6. The largest absolute Gasteiger partial charge is 0.480 e. The molecule has 7 nitrogen and oxygen atoms in total. The summed E-state index contributed by atoms with van der Waals surface area (Å²) in [5.74, 6) is -2.17. The summed E-state index contributed by atoms with van der Waals surface area (Å²) in [6, 6.07) is 12.5. The first-order chi connectivity index (χ1) is 12.5. The molecule has 0 bridgehead atoms. The Hall–Kier alpha value is -3.35. The highest BCUT2D eigenvalue weighted by molar-refractivity contribution is 5.86. The summed E-state index contributed by atoms with van der Waals surface area (Å²) in [4.78, 5) is 33.8. The fourth-order valence-electron chi connectivity index (χ4n) is 3.09. The highest BCUT2D eigenvalue weighted by Gasteiger charge is 2.24. The van der Waals surface area contributed by atoms with E-state index < -0.39 is 30.4 Å². The first kappa shape index (κ1) is 17.5. The van der Waals surface area contributed by atoms with E-state index in [1.54, 1.807) is 0 Å². The number of nitrogens with two attached hydrogens (primary N) is 1. The fraction of sp³-hybridized carbons (Fsp3) is 0.211. The van der Waals surface area contributed by atoms with Crippen LogP contribution in [0.15, 0.2) is 42.5 Å². The maximum absolute atomic E-state index is 11.9. The van der Waals surface area contributed by atoms with E-state index >= 15 is 0 Å². The van der Waals surface area contributed by atoms with Gasteiger partial charge in [0, 0.05) is 0 Å². The van der Waals surface area contributed by atoms with E-state index in [-0.39, 0.29) is 6.61 Å². The zero-order valence-electron chi connectivity index (χ0n) is 13.9. The van der Waals surface area contributed by atoms with Crippen molar-refractivity contribution in [2.24, 2.45) is 5.73 Å². The maximum atomic E-state index is 11.9. The van der Waals surface area contributed by atoms with Gasteiger partial charge in [-0.15, -0.1) is 0 Å². The van der Waals surface area contributed by atoms with E-state index in [0.29, 0.717) is 0 Å². The molecule has 2 amide bonds. The third-order valence-electron chi connectivity index (χ3n) is 4.30. The summed E-state index contributed by atoms with van der Waals surface area (Å²) in [7, 11) is 0. The van der Waals surface area contributed by atoms with Gasteiger partial charge in [-0.05, 0) is 34.2 Å². The third kappa shape index (κ3) is 3.66. The van der Waals surface area contributed by atoms with Gasteiger partial charge in [-0.25, -0.2) is 9.59 Å². The number of amides is 2. The van der Waals surface area contributed by atoms with Crippen molar-refractivity contribution < 1.29 is 24.2 Å². The summed E-state index contributed by atoms with van der Waals surface area (Å²) in [5.41, 5.74) is 10.4. The first-order valence-corrected chi connectivity index (χ1v) is 8.09. The van der Waals surface area contributed by atoms with Gasteiger partial charge in [0.25, 0.3) is 0 Å². The van der Waals surface area contributed by atoms with Crippen molar-refractivity contribution >= 4 is 18.0 Å².